The van der Waals surface area contributed by atoms with Gasteiger partial charge in [-0.25, -0.2) is 14.4 Å². The Bertz CT molecular complexity index is 742. The number of urea groups is 1. The van der Waals surface area contributed by atoms with E-state index in [1.165, 1.54) is 0 Å². The molecule has 0 bridgehead atoms. The van der Waals surface area contributed by atoms with Gasteiger partial charge in [-0.05, 0) is 11.1 Å². The van der Waals surface area contributed by atoms with E-state index < -0.39 is 30.1 Å². The van der Waals surface area contributed by atoms with E-state index >= 15 is 0 Å². The second-order valence-electron chi connectivity index (χ2n) is 6.08. The normalized spacial score (nSPS) is 19.6. The van der Waals surface area contributed by atoms with Crippen LogP contribution in [0.15, 0.2) is 60.7 Å². The van der Waals surface area contributed by atoms with E-state index in [9.17, 15) is 24.6 Å². The van der Waals surface area contributed by atoms with Gasteiger partial charge in [0.1, 0.15) is 0 Å². The van der Waals surface area contributed by atoms with Crippen molar-refractivity contribution < 1.29 is 24.6 Å². The summed E-state index contributed by atoms with van der Waals surface area (Å²) in [6, 6.07) is 14.3. The molecule has 1 heterocycles. The van der Waals surface area contributed by atoms with Gasteiger partial charge in [0.15, 0.2) is 12.1 Å². The minimum Gasteiger partial charge on any atom is -0.480 e. The van der Waals surface area contributed by atoms with E-state index in [2.05, 4.69) is 0 Å². The van der Waals surface area contributed by atoms with Crippen LogP contribution in [-0.4, -0.2) is 50.1 Å². The van der Waals surface area contributed by atoms with E-state index in [1.54, 1.807) is 48.5 Å². The molecule has 3 rings (SSSR count). The van der Waals surface area contributed by atoms with Crippen molar-refractivity contribution in [3.63, 3.8) is 0 Å². The Morgan fingerprint density at radius 1 is 0.731 bits per heavy atom. The molecule has 1 aliphatic heterocycles. The molecule has 2 amide bonds. The molecule has 2 N–H and O–H groups in total. The molecule has 7 heteroatoms. The second-order valence-corrected chi connectivity index (χ2v) is 6.08. The van der Waals surface area contributed by atoms with Crippen LogP contribution in [0.3, 0.4) is 0 Å². The molecule has 0 saturated carbocycles. The molecular weight excluding hydrogens is 336 g/mol. The number of hydrogen-bond donors (Lipinski definition) is 2. The molecule has 1 fully saturated rings. The van der Waals surface area contributed by atoms with Crippen molar-refractivity contribution in [3.05, 3.63) is 71.8 Å². The number of benzene rings is 2. The first-order chi connectivity index (χ1) is 12.5. The average Bonchev–Trinajstić information content (AvgIpc) is 2.90. The number of nitrogens with zero attached hydrogens (tertiary/aromatic N) is 2. The summed E-state index contributed by atoms with van der Waals surface area (Å²) in [7, 11) is 0. The summed E-state index contributed by atoms with van der Waals surface area (Å²) in [5, 5.41) is 19.2. The van der Waals surface area contributed by atoms with Gasteiger partial charge in [-0.2, -0.15) is 0 Å². The number of carboxylic acid groups (broad SMARTS) is 2. The zero-order valence-corrected chi connectivity index (χ0v) is 13.9. The van der Waals surface area contributed by atoms with Crippen LogP contribution in [0.25, 0.3) is 0 Å². The highest BCUT2D eigenvalue weighted by molar-refractivity contribution is 5.96. The third-order valence-corrected chi connectivity index (χ3v) is 4.36. The summed E-state index contributed by atoms with van der Waals surface area (Å²) in [4.78, 5) is 38.6. The summed E-state index contributed by atoms with van der Waals surface area (Å²) in [5.41, 5.74) is 1.47. The lowest BCUT2D eigenvalue weighted by molar-refractivity contribution is -0.151. The van der Waals surface area contributed by atoms with Gasteiger partial charge in [0.05, 0.1) is 0 Å². The fourth-order valence-electron chi connectivity index (χ4n) is 3.17. The van der Waals surface area contributed by atoms with E-state index in [-0.39, 0.29) is 13.1 Å². The number of carbonyl (C=O) groups excluding carboxylic acids is 1. The Balaban J connectivity index is 1.94. The Kier molecular flexibility index (Phi) is 4.88. The molecule has 0 aromatic heterocycles. The molecule has 26 heavy (non-hydrogen) atoms. The summed E-state index contributed by atoms with van der Waals surface area (Å²) in [5.74, 6) is -2.67. The minimum absolute atomic E-state index is 0.0334. The molecule has 1 saturated heterocycles. The lowest BCUT2D eigenvalue weighted by atomic mass is 10.1. The highest BCUT2D eigenvalue weighted by Gasteiger charge is 2.53. The van der Waals surface area contributed by atoms with Crippen molar-refractivity contribution in [2.45, 2.75) is 25.2 Å². The van der Waals surface area contributed by atoms with Crippen LogP contribution in [0.4, 0.5) is 4.79 Å². The van der Waals surface area contributed by atoms with Crippen LogP contribution in [-0.2, 0) is 22.7 Å². The van der Waals surface area contributed by atoms with Gasteiger partial charge in [-0.3, -0.25) is 0 Å². The molecule has 0 radical (unpaired) electrons. The van der Waals surface area contributed by atoms with Crippen molar-refractivity contribution in [2.24, 2.45) is 0 Å². The van der Waals surface area contributed by atoms with Crippen LogP contribution < -0.4 is 0 Å². The average molecular weight is 354 g/mol. The number of amides is 2. The number of carboxylic acids is 2. The monoisotopic (exact) mass is 354 g/mol. The first-order valence-electron chi connectivity index (χ1n) is 8.09. The first-order valence-corrected chi connectivity index (χ1v) is 8.09. The van der Waals surface area contributed by atoms with Gasteiger partial charge in [0, 0.05) is 13.1 Å². The van der Waals surface area contributed by atoms with Crippen molar-refractivity contribution in [1.82, 2.24) is 9.80 Å². The first kappa shape index (κ1) is 17.5. The molecule has 0 spiro atoms. The fraction of sp³-hybridized carbons (Fsp3) is 0.211. The van der Waals surface area contributed by atoms with E-state index in [0.29, 0.717) is 0 Å². The number of hydrogen-bond acceptors (Lipinski definition) is 3. The maximum absolute atomic E-state index is 12.9. The minimum atomic E-state index is -1.45. The molecule has 1 aliphatic rings. The molecule has 2 aromatic rings. The second kappa shape index (κ2) is 7.26. The summed E-state index contributed by atoms with van der Waals surface area (Å²) < 4.78 is 0. The predicted molar refractivity (Wildman–Crippen MR) is 92.2 cm³/mol. The van der Waals surface area contributed by atoms with E-state index in [1.807, 2.05) is 12.1 Å². The predicted octanol–water partition coefficient (Wildman–Crippen LogP) is 2.03. The summed E-state index contributed by atoms with van der Waals surface area (Å²) in [6.45, 7) is 0.0669. The Morgan fingerprint density at radius 3 is 1.38 bits per heavy atom. The Morgan fingerprint density at radius 2 is 1.08 bits per heavy atom. The van der Waals surface area contributed by atoms with Gasteiger partial charge in [-0.1, -0.05) is 60.7 Å². The van der Waals surface area contributed by atoms with Crippen LogP contribution >= 0.6 is 0 Å². The third kappa shape index (κ3) is 3.37. The number of carbonyl (C=O) groups is 3. The lowest BCUT2D eigenvalue weighted by Gasteiger charge is -2.21. The zero-order chi connectivity index (χ0) is 18.7. The van der Waals surface area contributed by atoms with Gasteiger partial charge < -0.3 is 20.0 Å². The molecule has 134 valence electrons. The molecule has 2 aromatic carbocycles. The quantitative estimate of drug-likeness (QED) is 0.827. The summed E-state index contributed by atoms with van der Waals surface area (Å²) in [6.07, 6.45) is 0. The van der Waals surface area contributed by atoms with Crippen molar-refractivity contribution in [2.75, 3.05) is 0 Å². The fourth-order valence-corrected chi connectivity index (χ4v) is 3.17. The van der Waals surface area contributed by atoms with Crippen LogP contribution in [0.5, 0.6) is 0 Å². The molecule has 0 aliphatic carbocycles. The van der Waals surface area contributed by atoms with Crippen LogP contribution in [0.2, 0.25) is 0 Å². The summed E-state index contributed by atoms with van der Waals surface area (Å²) >= 11 is 0. The number of rotatable bonds is 6. The van der Waals surface area contributed by atoms with Gasteiger partial charge in [-0.15, -0.1) is 0 Å². The van der Waals surface area contributed by atoms with Crippen LogP contribution in [0, 0.1) is 0 Å². The maximum atomic E-state index is 12.9. The smallest absolute Gasteiger partial charge is 0.329 e. The van der Waals surface area contributed by atoms with Gasteiger partial charge in [0.2, 0.25) is 0 Å². The van der Waals surface area contributed by atoms with Gasteiger partial charge in [0.25, 0.3) is 0 Å². The number of aliphatic carboxylic acids is 2. The Hall–Kier alpha value is -3.35. The van der Waals surface area contributed by atoms with Gasteiger partial charge >= 0.3 is 18.0 Å². The standard InChI is InChI=1S/C19H18N2O5/c22-17(23)15-16(18(24)25)21(12-14-9-5-2-6-10-14)19(26)20(15)11-13-7-3-1-4-8-13/h1-10,15-16H,11-12H2,(H,22,23)(H,24,25)/t15-,16?/m0/s1. The Labute approximate surface area is 150 Å². The highest BCUT2D eigenvalue weighted by Crippen LogP contribution is 2.27. The molecule has 2 atom stereocenters. The topological polar surface area (TPSA) is 98.1 Å². The van der Waals surface area contributed by atoms with Crippen LogP contribution in [0.1, 0.15) is 11.1 Å². The lowest BCUT2D eigenvalue weighted by Crippen LogP contribution is -2.47. The zero-order valence-electron chi connectivity index (χ0n) is 13.9. The van der Waals surface area contributed by atoms with E-state index in [4.69, 9.17) is 0 Å². The maximum Gasteiger partial charge on any atom is 0.329 e. The molecule has 1 unspecified atom stereocenters. The molecule has 7 nitrogen and oxygen atoms in total. The largest absolute Gasteiger partial charge is 0.480 e. The highest BCUT2D eigenvalue weighted by atomic mass is 16.4. The van der Waals surface area contributed by atoms with Crippen molar-refractivity contribution >= 4 is 18.0 Å². The van der Waals surface area contributed by atoms with Crippen molar-refractivity contribution in [1.29, 1.82) is 0 Å². The SMILES string of the molecule is O=C(O)C1[C@@H](C(=O)O)N(Cc2ccccc2)C(=O)N1Cc1ccccc1. The third-order valence-electron chi connectivity index (χ3n) is 4.36. The van der Waals surface area contributed by atoms with Crippen molar-refractivity contribution in [3.8, 4) is 0 Å². The molecular formula is C19H18N2O5. The van der Waals surface area contributed by atoms with E-state index in [0.717, 1.165) is 20.9 Å².